The molecule has 0 aliphatic rings. The Morgan fingerprint density at radius 1 is 1.53 bits per heavy atom. The summed E-state index contributed by atoms with van der Waals surface area (Å²) in [7, 11) is -3.55. The van der Waals surface area contributed by atoms with Gasteiger partial charge < -0.3 is 5.11 Å². The number of aliphatic hydroxyl groups excluding tert-OH is 1. The highest BCUT2D eigenvalue weighted by atomic mass is 32.2. The van der Waals surface area contributed by atoms with Gasteiger partial charge in [0.05, 0.1) is 6.07 Å². The van der Waals surface area contributed by atoms with Crippen LogP contribution in [0, 0.1) is 16.7 Å². The van der Waals surface area contributed by atoms with Crippen LogP contribution >= 0.6 is 0 Å². The Balaban J connectivity index is 4.35. The molecule has 0 amide bonds. The summed E-state index contributed by atoms with van der Waals surface area (Å²) in [6.45, 7) is 5.28. The quantitative estimate of drug-likeness (QED) is 0.688. The highest BCUT2D eigenvalue weighted by Gasteiger charge is 2.24. The Labute approximate surface area is 91.2 Å². The number of hydrogen-bond acceptors (Lipinski definition) is 4. The maximum absolute atomic E-state index is 11.4. The average Bonchev–Trinajstić information content (AvgIpc) is 2.14. The maximum atomic E-state index is 11.4. The zero-order valence-corrected chi connectivity index (χ0v) is 10.1. The van der Waals surface area contributed by atoms with Crippen LogP contribution in [-0.2, 0) is 10.0 Å². The number of aliphatic hydroxyl groups is 1. The fraction of sp³-hybridized carbons (Fsp3) is 0.889. The summed E-state index contributed by atoms with van der Waals surface area (Å²) in [6.07, 6.45) is 0.510. The minimum atomic E-state index is -3.55. The van der Waals surface area contributed by atoms with E-state index in [9.17, 15) is 8.42 Å². The number of nitrogens with one attached hydrogen (secondary N) is 1. The van der Waals surface area contributed by atoms with E-state index in [1.165, 1.54) is 6.92 Å². The summed E-state index contributed by atoms with van der Waals surface area (Å²) in [5, 5.41) is 16.2. The molecule has 0 aromatic rings. The molecule has 0 bridgehead atoms. The zero-order chi connectivity index (χ0) is 12.1. The molecular formula is C9H18N2O3S. The van der Waals surface area contributed by atoms with Gasteiger partial charge in [-0.1, -0.05) is 13.8 Å². The molecule has 5 nitrogen and oxygen atoms in total. The number of sulfonamides is 1. The predicted octanol–water partition coefficient (Wildman–Crippen LogP) is 0.226. The lowest BCUT2D eigenvalue weighted by molar-refractivity contribution is 0.213. The van der Waals surface area contributed by atoms with Crippen molar-refractivity contribution in [2.45, 2.75) is 32.4 Å². The van der Waals surface area contributed by atoms with Crippen molar-refractivity contribution in [1.29, 1.82) is 5.26 Å². The van der Waals surface area contributed by atoms with Gasteiger partial charge in [0.1, 0.15) is 0 Å². The molecule has 1 unspecified atom stereocenters. The first-order chi connectivity index (χ1) is 6.75. The van der Waals surface area contributed by atoms with Crippen LogP contribution in [0.2, 0.25) is 0 Å². The van der Waals surface area contributed by atoms with Crippen molar-refractivity contribution in [2.75, 3.05) is 13.2 Å². The summed E-state index contributed by atoms with van der Waals surface area (Å²) >= 11 is 0. The molecule has 0 rings (SSSR count). The fourth-order valence-corrected chi connectivity index (χ4v) is 1.86. The minimum Gasteiger partial charge on any atom is -0.396 e. The minimum absolute atomic E-state index is 0.0164. The highest BCUT2D eigenvalue weighted by molar-refractivity contribution is 7.90. The summed E-state index contributed by atoms with van der Waals surface area (Å²) in [4.78, 5) is 0. The van der Waals surface area contributed by atoms with Crippen molar-refractivity contribution < 1.29 is 13.5 Å². The van der Waals surface area contributed by atoms with Crippen LogP contribution in [-0.4, -0.2) is 31.9 Å². The van der Waals surface area contributed by atoms with Gasteiger partial charge in [0.25, 0.3) is 0 Å². The van der Waals surface area contributed by atoms with Crippen LogP contribution in [0.4, 0.5) is 0 Å². The van der Waals surface area contributed by atoms with E-state index >= 15 is 0 Å². The standard InChI is InChI=1S/C9H18N2O3S/c1-8(6-10)15(13,14)11-7-9(2,3)4-5-12/h8,11-12H,4-5,7H2,1-3H3. The molecule has 0 saturated heterocycles. The molecule has 0 aliphatic carbocycles. The van der Waals surface area contributed by atoms with Gasteiger partial charge >= 0.3 is 0 Å². The molecule has 0 aromatic carbocycles. The number of nitrogens with zero attached hydrogens (tertiary/aromatic N) is 1. The number of hydrogen-bond donors (Lipinski definition) is 2. The van der Waals surface area contributed by atoms with Gasteiger partial charge in [-0.15, -0.1) is 0 Å². The maximum Gasteiger partial charge on any atom is 0.227 e. The molecule has 0 fully saturated rings. The Morgan fingerprint density at radius 2 is 2.07 bits per heavy atom. The fourth-order valence-electron chi connectivity index (χ4n) is 0.881. The molecule has 0 aromatic heterocycles. The van der Waals surface area contributed by atoms with Gasteiger partial charge in [0.2, 0.25) is 10.0 Å². The Morgan fingerprint density at radius 3 is 2.47 bits per heavy atom. The molecule has 1 atom stereocenters. The van der Waals surface area contributed by atoms with Crippen LogP contribution in [0.5, 0.6) is 0 Å². The van der Waals surface area contributed by atoms with Gasteiger partial charge in [0, 0.05) is 13.2 Å². The summed E-state index contributed by atoms with van der Waals surface area (Å²) < 4.78 is 25.2. The summed E-state index contributed by atoms with van der Waals surface area (Å²) in [6, 6.07) is 1.67. The van der Waals surface area contributed by atoms with Crippen molar-refractivity contribution in [1.82, 2.24) is 4.72 Å². The first-order valence-corrected chi connectivity index (χ1v) is 6.29. The normalized spacial score (nSPS) is 14.6. The monoisotopic (exact) mass is 234 g/mol. The second kappa shape index (κ2) is 5.45. The molecule has 15 heavy (non-hydrogen) atoms. The third kappa shape index (κ3) is 5.11. The third-order valence-electron chi connectivity index (χ3n) is 2.19. The van der Waals surface area contributed by atoms with Crippen LogP contribution in [0.3, 0.4) is 0 Å². The molecular weight excluding hydrogens is 216 g/mol. The van der Waals surface area contributed by atoms with E-state index in [2.05, 4.69) is 4.72 Å². The van der Waals surface area contributed by atoms with Gasteiger partial charge in [-0.25, -0.2) is 13.1 Å². The van der Waals surface area contributed by atoms with E-state index in [1.54, 1.807) is 6.07 Å². The van der Waals surface area contributed by atoms with Crippen molar-refractivity contribution in [3.05, 3.63) is 0 Å². The van der Waals surface area contributed by atoms with Gasteiger partial charge in [0.15, 0.2) is 5.25 Å². The Bertz CT molecular complexity index is 330. The van der Waals surface area contributed by atoms with E-state index < -0.39 is 15.3 Å². The molecule has 0 saturated carbocycles. The van der Waals surface area contributed by atoms with Crippen LogP contribution in [0.1, 0.15) is 27.2 Å². The Kier molecular flexibility index (Phi) is 5.21. The third-order valence-corrected chi connectivity index (χ3v) is 3.77. The van der Waals surface area contributed by atoms with E-state index in [-0.39, 0.29) is 18.6 Å². The van der Waals surface area contributed by atoms with E-state index in [0.717, 1.165) is 0 Å². The second-order valence-electron chi connectivity index (χ2n) is 4.28. The molecule has 88 valence electrons. The van der Waals surface area contributed by atoms with Crippen LogP contribution in [0.25, 0.3) is 0 Å². The Hall–Kier alpha value is -0.640. The van der Waals surface area contributed by atoms with Crippen molar-refractivity contribution >= 4 is 10.0 Å². The molecule has 6 heteroatoms. The lowest BCUT2D eigenvalue weighted by Crippen LogP contribution is -2.38. The van der Waals surface area contributed by atoms with E-state index in [0.29, 0.717) is 6.42 Å². The van der Waals surface area contributed by atoms with Crippen molar-refractivity contribution in [3.63, 3.8) is 0 Å². The van der Waals surface area contributed by atoms with Gasteiger partial charge in [-0.05, 0) is 18.8 Å². The number of rotatable bonds is 6. The average molecular weight is 234 g/mol. The van der Waals surface area contributed by atoms with E-state index in [4.69, 9.17) is 10.4 Å². The molecule has 0 spiro atoms. The van der Waals surface area contributed by atoms with Crippen LogP contribution < -0.4 is 4.72 Å². The lowest BCUT2D eigenvalue weighted by atomic mass is 9.90. The molecule has 0 aliphatic heterocycles. The molecule has 2 N–H and O–H groups in total. The van der Waals surface area contributed by atoms with Crippen molar-refractivity contribution in [3.8, 4) is 6.07 Å². The SMILES string of the molecule is CC(C#N)S(=O)(=O)NCC(C)(C)CCO. The first kappa shape index (κ1) is 14.4. The topological polar surface area (TPSA) is 90.2 Å². The zero-order valence-electron chi connectivity index (χ0n) is 9.32. The smallest absolute Gasteiger partial charge is 0.227 e. The first-order valence-electron chi connectivity index (χ1n) is 4.74. The van der Waals surface area contributed by atoms with Gasteiger partial charge in [-0.2, -0.15) is 5.26 Å². The summed E-state index contributed by atoms with van der Waals surface area (Å²) in [5.74, 6) is 0. The molecule has 0 radical (unpaired) electrons. The molecule has 0 heterocycles. The van der Waals surface area contributed by atoms with Gasteiger partial charge in [-0.3, -0.25) is 0 Å². The largest absolute Gasteiger partial charge is 0.396 e. The number of nitriles is 1. The predicted molar refractivity (Wildman–Crippen MR) is 57.5 cm³/mol. The summed E-state index contributed by atoms with van der Waals surface area (Å²) in [5.41, 5.74) is -0.309. The lowest BCUT2D eigenvalue weighted by Gasteiger charge is -2.24. The van der Waals surface area contributed by atoms with Crippen LogP contribution in [0.15, 0.2) is 0 Å². The highest BCUT2D eigenvalue weighted by Crippen LogP contribution is 2.18. The van der Waals surface area contributed by atoms with E-state index in [1.807, 2.05) is 13.8 Å². The second-order valence-corrected chi connectivity index (χ2v) is 6.36. The van der Waals surface area contributed by atoms with Crippen molar-refractivity contribution in [2.24, 2.45) is 5.41 Å².